The summed E-state index contributed by atoms with van der Waals surface area (Å²) < 4.78 is 2.24. The second-order valence-electron chi connectivity index (χ2n) is 2.37. The zero-order valence-corrected chi connectivity index (χ0v) is 7.60. The molecule has 0 atom stereocenters. The molecule has 2 heteroatoms. The Bertz CT molecular complexity index is 186. The molecule has 1 aromatic carbocycles. The molecule has 0 fully saturated rings. The lowest BCUT2D eigenvalue weighted by Crippen LogP contribution is -2.74. The van der Waals surface area contributed by atoms with Gasteiger partial charge in [0.1, 0.15) is 0 Å². The molecule has 2 N–H and O–H groups in total. The van der Waals surface area contributed by atoms with Crippen molar-refractivity contribution >= 4 is 11.9 Å². The van der Waals surface area contributed by atoms with Crippen molar-refractivity contribution in [2.24, 2.45) is 0 Å². The average Bonchev–Trinajstić information content (AvgIpc) is 2.07. The van der Waals surface area contributed by atoms with Crippen molar-refractivity contribution in [3.05, 3.63) is 35.9 Å². The summed E-state index contributed by atoms with van der Waals surface area (Å²) in [6.45, 7) is 3.31. The zero-order valence-electron chi connectivity index (χ0n) is 6.79. The van der Waals surface area contributed by atoms with E-state index in [0.717, 1.165) is 12.3 Å². The van der Waals surface area contributed by atoms with Gasteiger partial charge in [0.25, 0.3) is 0 Å². The molecule has 1 nitrogen and oxygen atoms in total. The number of benzene rings is 1. The number of nitrogens with two attached hydrogens (primary N) is 1. The molecule has 1 rings (SSSR count). The first-order chi connectivity index (χ1) is 5.43. The third kappa shape index (κ3) is 3.44. The van der Waals surface area contributed by atoms with Crippen LogP contribution in [0.1, 0.15) is 12.5 Å². The molecule has 0 aromatic heterocycles. The fourth-order valence-electron chi connectivity index (χ4n) is 0.847. The van der Waals surface area contributed by atoms with Crippen LogP contribution in [0.3, 0.4) is 0 Å². The van der Waals surface area contributed by atoms with Gasteiger partial charge < -0.3 is 0 Å². The van der Waals surface area contributed by atoms with Gasteiger partial charge in [-0.15, -0.1) is 0 Å². The Morgan fingerprint density at radius 1 is 1.27 bits per heavy atom. The van der Waals surface area contributed by atoms with Gasteiger partial charge in [-0.25, -0.2) is 0 Å². The number of hydrogen-bond donors (Lipinski definition) is 1. The predicted molar refractivity (Wildman–Crippen MR) is 50.2 cm³/mol. The fraction of sp³-hybridized carbons (Fsp3) is 0.333. The van der Waals surface area contributed by atoms with E-state index in [2.05, 4.69) is 42.0 Å². The lowest BCUT2D eigenvalue weighted by atomic mass is 10.2. The van der Waals surface area contributed by atoms with Crippen molar-refractivity contribution < 1.29 is 4.72 Å². The van der Waals surface area contributed by atoms with E-state index in [1.54, 1.807) is 0 Å². The van der Waals surface area contributed by atoms with Gasteiger partial charge in [-0.05, 0) is 12.5 Å². The van der Waals surface area contributed by atoms with E-state index < -0.39 is 0 Å². The highest BCUT2D eigenvalue weighted by molar-refractivity contribution is 7.91. The lowest BCUT2D eigenvalue weighted by molar-refractivity contribution is -0.475. The van der Waals surface area contributed by atoms with Crippen LogP contribution < -0.4 is 4.72 Å². The molecule has 60 valence electrons. The van der Waals surface area contributed by atoms with Crippen molar-refractivity contribution in [1.29, 1.82) is 0 Å². The molecular formula is C9H14NS+. The van der Waals surface area contributed by atoms with Gasteiger partial charge >= 0.3 is 0 Å². The minimum absolute atomic E-state index is 1.11. The summed E-state index contributed by atoms with van der Waals surface area (Å²) in [6, 6.07) is 10.5. The van der Waals surface area contributed by atoms with Crippen molar-refractivity contribution in [3.8, 4) is 0 Å². The third-order valence-corrected chi connectivity index (χ3v) is 2.45. The van der Waals surface area contributed by atoms with E-state index in [-0.39, 0.29) is 0 Å². The van der Waals surface area contributed by atoms with Gasteiger partial charge in [-0.3, -0.25) is 4.72 Å². The maximum atomic E-state index is 2.24. The van der Waals surface area contributed by atoms with Crippen LogP contribution >= 0.6 is 11.9 Å². The van der Waals surface area contributed by atoms with Gasteiger partial charge in [0.05, 0.1) is 24.2 Å². The Labute approximate surface area is 72.3 Å². The minimum atomic E-state index is 1.11. The smallest absolute Gasteiger partial charge is 0.0832 e. The van der Waals surface area contributed by atoms with Gasteiger partial charge in [-0.2, -0.15) is 0 Å². The van der Waals surface area contributed by atoms with Crippen molar-refractivity contribution in [2.45, 2.75) is 12.7 Å². The maximum absolute atomic E-state index is 2.24. The molecule has 0 saturated heterocycles. The summed E-state index contributed by atoms with van der Waals surface area (Å²) in [4.78, 5) is 0. The fourth-order valence-corrected chi connectivity index (χ4v) is 1.59. The summed E-state index contributed by atoms with van der Waals surface area (Å²) >= 11 is 1.88. The molecule has 0 saturated carbocycles. The first-order valence-corrected chi connectivity index (χ1v) is 4.95. The van der Waals surface area contributed by atoms with Crippen molar-refractivity contribution in [3.63, 3.8) is 0 Å². The Morgan fingerprint density at radius 2 is 2.00 bits per heavy atom. The van der Waals surface area contributed by atoms with Crippen molar-refractivity contribution in [1.82, 2.24) is 0 Å². The Balaban J connectivity index is 2.28. The largest absolute Gasteiger partial charge is 0.284 e. The minimum Gasteiger partial charge on any atom is -0.284 e. The van der Waals surface area contributed by atoms with E-state index in [1.165, 1.54) is 5.56 Å². The molecule has 0 heterocycles. The molecular weight excluding hydrogens is 154 g/mol. The van der Waals surface area contributed by atoms with Crippen LogP contribution in [0.5, 0.6) is 0 Å². The second-order valence-corrected chi connectivity index (χ2v) is 3.33. The first kappa shape index (κ1) is 8.62. The summed E-state index contributed by atoms with van der Waals surface area (Å²) in [5, 5.41) is 0. The molecule has 0 aliphatic rings. The molecule has 0 aliphatic carbocycles. The second kappa shape index (κ2) is 5.22. The molecule has 0 radical (unpaired) electrons. The summed E-state index contributed by atoms with van der Waals surface area (Å²) in [7, 11) is 0. The van der Waals surface area contributed by atoms with Gasteiger partial charge in [0.15, 0.2) is 0 Å². The number of quaternary nitrogens is 1. The Morgan fingerprint density at radius 3 is 2.64 bits per heavy atom. The van der Waals surface area contributed by atoms with E-state index >= 15 is 0 Å². The topological polar surface area (TPSA) is 16.6 Å². The molecule has 11 heavy (non-hydrogen) atoms. The van der Waals surface area contributed by atoms with Crippen molar-refractivity contribution in [2.75, 3.05) is 6.54 Å². The van der Waals surface area contributed by atoms with Crippen LogP contribution in [0.25, 0.3) is 0 Å². The van der Waals surface area contributed by atoms with Crippen LogP contribution in [0, 0.1) is 0 Å². The molecule has 1 aromatic rings. The molecule has 0 spiro atoms. The standard InChI is InChI=1S/C9H13NS/c1-2-10-11-8-9-6-4-3-5-7-9/h3-7,10H,2,8H2,1H3/p+1. The number of hydrogen-bond acceptors (Lipinski definition) is 1. The Hall–Kier alpha value is -0.470. The predicted octanol–water partition coefficient (Wildman–Crippen LogP) is 1.42. The third-order valence-electron chi connectivity index (χ3n) is 1.38. The molecule has 0 bridgehead atoms. The zero-order chi connectivity index (χ0) is 7.94. The highest BCUT2D eigenvalue weighted by atomic mass is 32.2. The van der Waals surface area contributed by atoms with E-state index in [0.29, 0.717) is 0 Å². The number of rotatable bonds is 4. The van der Waals surface area contributed by atoms with Gasteiger partial charge in [0, 0.05) is 0 Å². The van der Waals surface area contributed by atoms with Gasteiger partial charge in [-0.1, -0.05) is 30.3 Å². The maximum Gasteiger partial charge on any atom is 0.0832 e. The molecule has 0 unspecified atom stereocenters. The van der Waals surface area contributed by atoms with E-state index in [9.17, 15) is 0 Å². The van der Waals surface area contributed by atoms with Crippen LogP contribution in [0.4, 0.5) is 0 Å². The average molecular weight is 168 g/mol. The van der Waals surface area contributed by atoms with Crippen LogP contribution in [0.2, 0.25) is 0 Å². The quantitative estimate of drug-likeness (QED) is 0.531. The first-order valence-electron chi connectivity index (χ1n) is 3.90. The highest BCUT2D eigenvalue weighted by Crippen LogP contribution is 2.03. The lowest BCUT2D eigenvalue weighted by Gasteiger charge is -1.96. The van der Waals surface area contributed by atoms with E-state index in [1.807, 2.05) is 11.9 Å². The van der Waals surface area contributed by atoms with Crippen LogP contribution in [-0.4, -0.2) is 6.54 Å². The van der Waals surface area contributed by atoms with Crippen LogP contribution in [0.15, 0.2) is 30.3 Å². The molecule has 0 amide bonds. The highest BCUT2D eigenvalue weighted by Gasteiger charge is 1.92. The van der Waals surface area contributed by atoms with Crippen LogP contribution in [-0.2, 0) is 5.75 Å². The molecule has 0 aliphatic heterocycles. The summed E-state index contributed by atoms with van der Waals surface area (Å²) in [5.74, 6) is 1.11. The summed E-state index contributed by atoms with van der Waals surface area (Å²) in [6.07, 6.45) is 0. The van der Waals surface area contributed by atoms with E-state index in [4.69, 9.17) is 0 Å². The monoisotopic (exact) mass is 168 g/mol. The van der Waals surface area contributed by atoms with Gasteiger partial charge in [0.2, 0.25) is 0 Å². The summed E-state index contributed by atoms with van der Waals surface area (Å²) in [5.41, 5.74) is 1.40. The normalized spacial score (nSPS) is 9.91. The Kier molecular flexibility index (Phi) is 4.09. The SMILES string of the molecule is CC[NH2+]SCc1ccccc1.